The Morgan fingerprint density at radius 2 is 2.00 bits per heavy atom. The van der Waals surface area contributed by atoms with Crippen molar-refractivity contribution >= 4 is 17.8 Å². The van der Waals surface area contributed by atoms with Gasteiger partial charge in [0.1, 0.15) is 18.0 Å². The van der Waals surface area contributed by atoms with Gasteiger partial charge in [-0.2, -0.15) is 5.01 Å². The number of urea groups is 1. The monoisotopic (exact) mass is 623 g/mol. The van der Waals surface area contributed by atoms with Crippen LogP contribution in [0.3, 0.4) is 0 Å². The fourth-order valence-corrected chi connectivity index (χ4v) is 5.95. The van der Waals surface area contributed by atoms with Gasteiger partial charge in [0.2, 0.25) is 11.8 Å². The third-order valence-electron chi connectivity index (χ3n) is 8.24. The molecule has 3 rings (SSSR count). The van der Waals surface area contributed by atoms with Crippen LogP contribution in [0.1, 0.15) is 50.7 Å². The van der Waals surface area contributed by atoms with Crippen LogP contribution < -0.4 is 15.4 Å². The van der Waals surface area contributed by atoms with Crippen LogP contribution in [0.4, 0.5) is 4.79 Å². The molecule has 1 aromatic rings. The number of carbonyl (C=O) groups is 3. The van der Waals surface area contributed by atoms with Gasteiger partial charge in [-0.25, -0.2) is 9.80 Å². The number of rotatable bonds is 15. The molecule has 2 heterocycles. The largest absolute Gasteiger partial charge is 0.496 e. The van der Waals surface area contributed by atoms with Crippen molar-refractivity contribution < 1.29 is 19.1 Å². The molecule has 2 atom stereocenters. The zero-order chi connectivity index (χ0) is 33.1. The standard InChI is InChI=1S/C34H53N7O4/c1-9-11-13-26(10-2)21-36-34(44)41-31-22-38(19-17-27-15-16-28(25(3)4)30(20-27)45-8)33(43)29(14-12-18-35-5)40(31)32(42)23-39(41)24-37(6)7/h9-11,13,15-16,20,25,29,31,35H,1,12,14,17-19,21-24H2,2-8H3,(H,36,44)/b13-11-,26-10+/t29-,31?/m0/s1. The van der Waals surface area contributed by atoms with E-state index in [2.05, 4.69) is 43.2 Å². The number of methoxy groups -OCH3 is 1. The number of carbonyl (C=O) groups excluding carboxylic acids is 3. The Labute approximate surface area is 269 Å². The van der Waals surface area contributed by atoms with Crippen LogP contribution in [-0.4, -0.2) is 122 Å². The van der Waals surface area contributed by atoms with Crippen LogP contribution in [0.5, 0.6) is 5.75 Å². The second-order valence-corrected chi connectivity index (χ2v) is 12.2. The molecule has 1 unspecified atom stereocenters. The smallest absolute Gasteiger partial charge is 0.334 e. The minimum absolute atomic E-state index is 0.00669. The van der Waals surface area contributed by atoms with E-state index in [0.29, 0.717) is 38.5 Å². The molecule has 2 aliphatic heterocycles. The van der Waals surface area contributed by atoms with Gasteiger partial charge in [-0.3, -0.25) is 14.5 Å². The highest BCUT2D eigenvalue weighted by Crippen LogP contribution is 2.30. The number of hydrazine groups is 1. The van der Waals surface area contributed by atoms with Crippen molar-refractivity contribution in [1.29, 1.82) is 0 Å². The number of fused-ring (bicyclic) bond motifs is 1. The maximum absolute atomic E-state index is 14.0. The van der Waals surface area contributed by atoms with Crippen molar-refractivity contribution in [3.8, 4) is 5.75 Å². The summed E-state index contributed by atoms with van der Waals surface area (Å²) in [4.78, 5) is 47.1. The van der Waals surface area contributed by atoms with E-state index in [1.54, 1.807) is 28.1 Å². The SMILES string of the molecule is C=C/C=C\C(=C/C)CNC(=O)N1C2CN(CCc3ccc(C(C)C)c(OC)c3)C(=O)[C@H](CCCNC)N2C(=O)CN1CN(C)C. The number of allylic oxidation sites excluding steroid dienone is 3. The van der Waals surface area contributed by atoms with E-state index in [1.165, 1.54) is 0 Å². The van der Waals surface area contributed by atoms with Crippen molar-refractivity contribution in [1.82, 2.24) is 35.4 Å². The zero-order valence-corrected chi connectivity index (χ0v) is 28.2. The predicted octanol–water partition coefficient (Wildman–Crippen LogP) is 3.18. The fraction of sp³-hybridized carbons (Fsp3) is 0.559. The first kappa shape index (κ1) is 35.8. The van der Waals surface area contributed by atoms with Crippen LogP contribution in [-0.2, 0) is 16.0 Å². The lowest BCUT2D eigenvalue weighted by Crippen LogP contribution is -2.77. The minimum Gasteiger partial charge on any atom is -0.496 e. The Morgan fingerprint density at radius 1 is 1.24 bits per heavy atom. The van der Waals surface area contributed by atoms with E-state index in [9.17, 15) is 14.4 Å². The highest BCUT2D eigenvalue weighted by molar-refractivity contribution is 5.91. The molecule has 2 fully saturated rings. The van der Waals surface area contributed by atoms with E-state index in [1.807, 2.05) is 62.2 Å². The quantitative estimate of drug-likeness (QED) is 0.229. The number of ether oxygens (including phenoxy) is 1. The van der Waals surface area contributed by atoms with Gasteiger partial charge in [-0.15, -0.1) is 0 Å². The van der Waals surface area contributed by atoms with Gasteiger partial charge < -0.3 is 25.2 Å². The molecule has 0 saturated carbocycles. The molecule has 11 heteroatoms. The van der Waals surface area contributed by atoms with Gasteiger partial charge >= 0.3 is 6.03 Å². The molecule has 4 amide bonds. The van der Waals surface area contributed by atoms with Gasteiger partial charge in [0.05, 0.1) is 26.9 Å². The van der Waals surface area contributed by atoms with Crippen LogP contribution in [0.15, 0.2) is 54.7 Å². The highest BCUT2D eigenvalue weighted by Gasteiger charge is 2.51. The molecule has 1 aromatic carbocycles. The molecule has 0 aromatic heterocycles. The van der Waals surface area contributed by atoms with E-state index in [4.69, 9.17) is 4.74 Å². The van der Waals surface area contributed by atoms with Crippen molar-refractivity contribution in [2.24, 2.45) is 0 Å². The Hall–Kier alpha value is -3.67. The van der Waals surface area contributed by atoms with Crippen molar-refractivity contribution in [3.63, 3.8) is 0 Å². The first-order chi connectivity index (χ1) is 21.6. The molecule has 0 spiro atoms. The summed E-state index contributed by atoms with van der Waals surface area (Å²) < 4.78 is 5.66. The molecule has 45 heavy (non-hydrogen) atoms. The summed E-state index contributed by atoms with van der Waals surface area (Å²) in [5.41, 5.74) is 3.13. The van der Waals surface area contributed by atoms with E-state index in [-0.39, 0.29) is 30.9 Å². The van der Waals surface area contributed by atoms with E-state index in [0.717, 1.165) is 35.4 Å². The molecule has 0 aliphatic carbocycles. The summed E-state index contributed by atoms with van der Waals surface area (Å²) in [5.74, 6) is 0.946. The Bertz CT molecular complexity index is 1240. The van der Waals surface area contributed by atoms with Crippen LogP contribution in [0.25, 0.3) is 0 Å². The van der Waals surface area contributed by atoms with Crippen LogP contribution in [0, 0.1) is 0 Å². The van der Waals surface area contributed by atoms with Gasteiger partial charge in [-0.1, -0.05) is 56.9 Å². The number of hydrogen-bond donors (Lipinski definition) is 2. The van der Waals surface area contributed by atoms with E-state index >= 15 is 0 Å². The molecule has 0 radical (unpaired) electrons. The first-order valence-corrected chi connectivity index (χ1v) is 15.9. The van der Waals surface area contributed by atoms with Crippen molar-refractivity contribution in [2.75, 3.05) is 67.6 Å². The number of hydrogen-bond acceptors (Lipinski definition) is 7. The second-order valence-electron chi connectivity index (χ2n) is 12.2. The first-order valence-electron chi connectivity index (χ1n) is 15.9. The Morgan fingerprint density at radius 3 is 2.62 bits per heavy atom. The molecule has 11 nitrogen and oxygen atoms in total. The third kappa shape index (κ3) is 9.18. The molecule has 2 N–H and O–H groups in total. The predicted molar refractivity (Wildman–Crippen MR) is 179 cm³/mol. The summed E-state index contributed by atoms with van der Waals surface area (Å²) >= 11 is 0. The van der Waals surface area contributed by atoms with Crippen LogP contribution >= 0.6 is 0 Å². The normalized spacial score (nSPS) is 19.6. The van der Waals surface area contributed by atoms with Crippen molar-refractivity contribution in [3.05, 3.63) is 65.8 Å². The lowest BCUT2D eigenvalue weighted by molar-refractivity contribution is -0.194. The molecule has 0 bridgehead atoms. The molecular formula is C34H53N7O4. The lowest BCUT2D eigenvalue weighted by Gasteiger charge is -2.55. The highest BCUT2D eigenvalue weighted by atomic mass is 16.5. The Kier molecular flexibility index (Phi) is 13.6. The molecule has 248 valence electrons. The average molecular weight is 624 g/mol. The Balaban J connectivity index is 1.94. The summed E-state index contributed by atoms with van der Waals surface area (Å²) in [6.07, 6.45) is 8.57. The van der Waals surface area contributed by atoms with Gasteiger partial charge in [-0.05, 0) is 82.6 Å². The topological polar surface area (TPSA) is 101 Å². The number of piperazine rings is 1. The zero-order valence-electron chi connectivity index (χ0n) is 28.2. The number of nitrogens with zero attached hydrogens (tertiary/aromatic N) is 5. The summed E-state index contributed by atoms with van der Waals surface area (Å²) in [6.45, 7) is 12.0. The summed E-state index contributed by atoms with van der Waals surface area (Å²) in [6, 6.07) is 5.26. The number of benzene rings is 1. The maximum Gasteiger partial charge on any atom is 0.334 e. The van der Waals surface area contributed by atoms with Gasteiger partial charge in [0, 0.05) is 13.1 Å². The maximum atomic E-state index is 14.0. The summed E-state index contributed by atoms with van der Waals surface area (Å²) in [7, 11) is 7.36. The average Bonchev–Trinajstić information content (AvgIpc) is 3.00. The molecule has 2 aliphatic rings. The second kappa shape index (κ2) is 17.1. The molecular weight excluding hydrogens is 570 g/mol. The minimum atomic E-state index is -0.652. The number of nitrogens with one attached hydrogen (secondary N) is 2. The van der Waals surface area contributed by atoms with E-state index < -0.39 is 12.2 Å². The van der Waals surface area contributed by atoms with Gasteiger partial charge in [0.15, 0.2) is 0 Å². The van der Waals surface area contributed by atoms with Crippen LogP contribution in [0.2, 0.25) is 0 Å². The number of amides is 4. The fourth-order valence-electron chi connectivity index (χ4n) is 5.95. The lowest BCUT2D eigenvalue weighted by atomic mass is 9.98. The molecule has 2 saturated heterocycles. The van der Waals surface area contributed by atoms with Gasteiger partial charge in [0.25, 0.3) is 0 Å². The third-order valence-corrected chi connectivity index (χ3v) is 8.24. The summed E-state index contributed by atoms with van der Waals surface area (Å²) in [5, 5.41) is 9.62. The van der Waals surface area contributed by atoms with Crippen molar-refractivity contribution in [2.45, 2.75) is 58.2 Å².